The number of anilines is 1. The summed E-state index contributed by atoms with van der Waals surface area (Å²) in [6.45, 7) is 2.29. The first-order chi connectivity index (χ1) is 17.6. The highest BCUT2D eigenvalue weighted by molar-refractivity contribution is 5.76. The third-order valence-electron chi connectivity index (χ3n) is 7.32. The Bertz CT molecular complexity index is 1050. The van der Waals surface area contributed by atoms with Gasteiger partial charge in [0.1, 0.15) is 29.9 Å². The molecule has 194 valence electrons. The van der Waals surface area contributed by atoms with Crippen molar-refractivity contribution in [1.82, 2.24) is 9.88 Å². The third kappa shape index (κ3) is 6.16. The van der Waals surface area contributed by atoms with Crippen LogP contribution in [0.25, 0.3) is 0 Å². The molecular formula is C28H36FN3O4. The summed E-state index contributed by atoms with van der Waals surface area (Å²) in [6, 6.07) is 10.5. The van der Waals surface area contributed by atoms with Crippen LogP contribution < -0.4 is 10.1 Å². The Morgan fingerprint density at radius 1 is 1.19 bits per heavy atom. The van der Waals surface area contributed by atoms with Crippen LogP contribution in [0.4, 0.5) is 10.2 Å². The minimum atomic E-state index is -1.22. The van der Waals surface area contributed by atoms with E-state index in [1.54, 1.807) is 23.1 Å². The topological polar surface area (TPSA) is 83.9 Å². The van der Waals surface area contributed by atoms with Gasteiger partial charge in [-0.25, -0.2) is 9.37 Å². The van der Waals surface area contributed by atoms with Gasteiger partial charge >= 0.3 is 5.97 Å². The lowest BCUT2D eigenvalue weighted by atomic mass is 10.0. The van der Waals surface area contributed by atoms with Crippen LogP contribution in [0.5, 0.6) is 5.75 Å². The first kappa shape index (κ1) is 25.0. The van der Waals surface area contributed by atoms with Crippen molar-refractivity contribution in [3.05, 3.63) is 53.2 Å². The second-order valence-corrected chi connectivity index (χ2v) is 10.2. The number of nitrogens with one attached hydrogen (secondary N) is 1. The molecule has 2 fully saturated rings. The number of likely N-dealkylation sites (tertiary alicyclic amines) is 1. The number of carboxylic acid groups (broad SMARTS) is 1. The first-order valence-corrected chi connectivity index (χ1v) is 13.3. The van der Waals surface area contributed by atoms with E-state index in [1.807, 2.05) is 6.07 Å². The van der Waals surface area contributed by atoms with Gasteiger partial charge in [-0.05, 0) is 68.6 Å². The Labute approximate surface area is 212 Å². The van der Waals surface area contributed by atoms with Gasteiger partial charge in [0.15, 0.2) is 0 Å². The largest absolute Gasteiger partial charge is 0.493 e. The number of alkyl halides is 1. The summed E-state index contributed by atoms with van der Waals surface area (Å²) in [7, 11) is 0. The fraction of sp³-hybridized carbons (Fsp3) is 0.571. The van der Waals surface area contributed by atoms with Crippen LogP contribution in [0.2, 0.25) is 0 Å². The molecule has 1 aromatic heterocycles. The molecule has 7 nitrogen and oxygen atoms in total. The van der Waals surface area contributed by atoms with Gasteiger partial charge in [0.05, 0.1) is 6.61 Å². The molecule has 1 aliphatic carbocycles. The molecule has 5 rings (SSSR count). The van der Waals surface area contributed by atoms with Crippen LogP contribution in [0, 0.1) is 5.92 Å². The zero-order valence-corrected chi connectivity index (χ0v) is 20.7. The van der Waals surface area contributed by atoms with E-state index in [2.05, 4.69) is 17.4 Å². The lowest BCUT2D eigenvalue weighted by Gasteiger charge is -2.26. The number of pyridine rings is 1. The van der Waals surface area contributed by atoms with Crippen molar-refractivity contribution in [3.63, 3.8) is 0 Å². The molecule has 0 bridgehead atoms. The summed E-state index contributed by atoms with van der Waals surface area (Å²) in [5.41, 5.74) is 2.92. The molecule has 2 aliphatic heterocycles. The van der Waals surface area contributed by atoms with Gasteiger partial charge in [-0.1, -0.05) is 24.3 Å². The summed E-state index contributed by atoms with van der Waals surface area (Å²) >= 11 is 0. The second-order valence-electron chi connectivity index (χ2n) is 10.2. The molecule has 0 unspecified atom stereocenters. The zero-order chi connectivity index (χ0) is 24.9. The fourth-order valence-electron chi connectivity index (χ4n) is 5.10. The number of ether oxygens (including phenoxy) is 2. The fourth-order valence-corrected chi connectivity index (χ4v) is 5.10. The highest BCUT2D eigenvalue weighted by atomic mass is 19.1. The maximum Gasteiger partial charge on any atom is 0.325 e. The van der Waals surface area contributed by atoms with Crippen LogP contribution in [-0.2, 0) is 22.4 Å². The number of hydrogen-bond donors (Lipinski definition) is 2. The summed E-state index contributed by atoms with van der Waals surface area (Å²) < 4.78 is 26.7. The van der Waals surface area contributed by atoms with Gasteiger partial charge in [-0.3, -0.25) is 9.69 Å². The van der Waals surface area contributed by atoms with Crippen molar-refractivity contribution in [3.8, 4) is 5.75 Å². The molecule has 8 heteroatoms. The van der Waals surface area contributed by atoms with Crippen LogP contribution >= 0.6 is 0 Å². The van der Waals surface area contributed by atoms with Crippen molar-refractivity contribution >= 4 is 11.8 Å². The summed E-state index contributed by atoms with van der Waals surface area (Å²) in [5.74, 6) is 1.13. The molecule has 2 N–H and O–H groups in total. The van der Waals surface area contributed by atoms with E-state index >= 15 is 0 Å². The van der Waals surface area contributed by atoms with Gasteiger partial charge in [0, 0.05) is 37.5 Å². The molecule has 2 aromatic rings. The minimum absolute atomic E-state index is 0.0324. The number of aliphatic carboxylic acids is 1. The smallest absolute Gasteiger partial charge is 0.325 e. The molecule has 3 atom stereocenters. The quantitative estimate of drug-likeness (QED) is 0.420. The summed E-state index contributed by atoms with van der Waals surface area (Å²) in [6.07, 6.45) is 5.24. The van der Waals surface area contributed by atoms with Crippen molar-refractivity contribution in [1.29, 1.82) is 0 Å². The van der Waals surface area contributed by atoms with E-state index in [0.29, 0.717) is 30.4 Å². The Morgan fingerprint density at radius 3 is 2.89 bits per heavy atom. The number of fused-ring (bicyclic) bond motifs is 1. The number of hydrogen-bond acceptors (Lipinski definition) is 6. The van der Waals surface area contributed by atoms with E-state index in [1.165, 1.54) is 5.56 Å². The number of rotatable bonds is 12. The first-order valence-electron chi connectivity index (χ1n) is 13.3. The number of benzene rings is 1. The molecule has 1 saturated carbocycles. The predicted molar refractivity (Wildman–Crippen MR) is 135 cm³/mol. The van der Waals surface area contributed by atoms with E-state index in [9.17, 15) is 14.3 Å². The number of halogens is 1. The SMILES string of the molecule is O=C(O)[C@@H](c1ccccc1OCC1CC1)N1C[C@@H](F)[C@@H](OCCCCc2ccc3c(n2)NCCC3)C1. The van der Waals surface area contributed by atoms with Crippen molar-refractivity contribution < 1.29 is 23.8 Å². The molecule has 0 amide bonds. The lowest BCUT2D eigenvalue weighted by Crippen LogP contribution is -2.34. The molecule has 3 aliphatic rings. The van der Waals surface area contributed by atoms with Gasteiger partial charge in [-0.15, -0.1) is 0 Å². The highest BCUT2D eigenvalue weighted by Gasteiger charge is 2.41. The van der Waals surface area contributed by atoms with Crippen molar-refractivity contribution in [2.75, 3.05) is 38.2 Å². The normalized spacial score (nSPS) is 22.6. The standard InChI is InChI=1S/C28H36FN3O4/c29-23-16-32(26(28(33)34)22-8-1-2-9-24(22)36-18-19-10-11-19)17-25(23)35-15-4-3-7-21-13-12-20-6-5-14-30-27(20)31-21/h1-2,8-9,12-13,19,23,25-26H,3-7,10-11,14-18H2,(H,30,31)(H,33,34)/t23-,25+,26-/m1/s1. The third-order valence-corrected chi connectivity index (χ3v) is 7.32. The number of nitrogens with zero attached hydrogens (tertiary/aromatic N) is 2. The van der Waals surface area contributed by atoms with Crippen molar-refractivity contribution in [2.24, 2.45) is 5.92 Å². The second kappa shape index (κ2) is 11.6. The van der Waals surface area contributed by atoms with Crippen LogP contribution in [0.1, 0.15) is 55.0 Å². The van der Waals surface area contributed by atoms with E-state index in [-0.39, 0.29) is 13.1 Å². The highest BCUT2D eigenvalue weighted by Crippen LogP contribution is 2.35. The Kier molecular flexibility index (Phi) is 8.02. The summed E-state index contributed by atoms with van der Waals surface area (Å²) in [5, 5.41) is 13.4. The van der Waals surface area contributed by atoms with E-state index in [0.717, 1.165) is 63.0 Å². The van der Waals surface area contributed by atoms with Crippen LogP contribution in [0.3, 0.4) is 0 Å². The number of aromatic nitrogens is 1. The van der Waals surface area contributed by atoms with Gasteiger partial charge in [0.25, 0.3) is 0 Å². The molecular weight excluding hydrogens is 461 g/mol. The molecule has 3 heterocycles. The van der Waals surface area contributed by atoms with Gasteiger partial charge < -0.3 is 19.9 Å². The monoisotopic (exact) mass is 497 g/mol. The predicted octanol–water partition coefficient (Wildman–Crippen LogP) is 4.42. The molecule has 1 aromatic carbocycles. The number of para-hydroxylation sites is 1. The number of aryl methyl sites for hydroxylation is 2. The minimum Gasteiger partial charge on any atom is -0.493 e. The Morgan fingerprint density at radius 2 is 2.06 bits per heavy atom. The van der Waals surface area contributed by atoms with E-state index < -0.39 is 24.3 Å². The maximum absolute atomic E-state index is 14.9. The van der Waals surface area contributed by atoms with Crippen LogP contribution in [-0.4, -0.2) is 66.1 Å². The van der Waals surface area contributed by atoms with Crippen molar-refractivity contribution in [2.45, 2.75) is 63.3 Å². The Balaban J connectivity index is 1.11. The van der Waals surface area contributed by atoms with Gasteiger partial charge in [0.2, 0.25) is 0 Å². The maximum atomic E-state index is 14.9. The van der Waals surface area contributed by atoms with Crippen LogP contribution in [0.15, 0.2) is 36.4 Å². The zero-order valence-electron chi connectivity index (χ0n) is 20.7. The lowest BCUT2D eigenvalue weighted by molar-refractivity contribution is -0.143. The van der Waals surface area contributed by atoms with E-state index in [4.69, 9.17) is 14.5 Å². The molecule has 0 spiro atoms. The molecule has 36 heavy (non-hydrogen) atoms. The molecule has 0 radical (unpaired) electrons. The number of carboxylic acids is 1. The number of unbranched alkanes of at least 4 members (excludes halogenated alkanes) is 1. The van der Waals surface area contributed by atoms with Gasteiger partial charge in [-0.2, -0.15) is 0 Å². The average molecular weight is 498 g/mol. The number of carbonyl (C=O) groups is 1. The average Bonchev–Trinajstić information content (AvgIpc) is 3.65. The Hall–Kier alpha value is -2.71. The molecule has 1 saturated heterocycles. The summed E-state index contributed by atoms with van der Waals surface area (Å²) in [4.78, 5) is 18.6.